The molecular weight excluding hydrogens is 352 g/mol. The number of hydrogen-bond donors (Lipinski definition) is 1. The molecule has 0 saturated carbocycles. The molecule has 0 unspecified atom stereocenters. The van der Waals surface area contributed by atoms with Crippen LogP contribution in [0.2, 0.25) is 5.15 Å². The highest BCUT2D eigenvalue weighted by molar-refractivity contribution is 6.29. The Bertz CT molecular complexity index is 784. The van der Waals surface area contributed by atoms with Gasteiger partial charge in [0.15, 0.2) is 0 Å². The molecule has 2 aromatic rings. The maximum Gasteiger partial charge on any atom is 0.275 e. The quantitative estimate of drug-likeness (QED) is 0.651. The Kier molecular flexibility index (Phi) is 5.37. The van der Waals surface area contributed by atoms with Gasteiger partial charge in [0.1, 0.15) is 22.4 Å². The van der Waals surface area contributed by atoms with Gasteiger partial charge in [0.2, 0.25) is 0 Å². The number of nitrogens with one attached hydrogen (secondary N) is 1. The third kappa shape index (κ3) is 4.30. The standard InChI is InChI=1S/C17H16ClF2N3O2/c1-17(2,3)23(16(25)10-7-8-13(18)21-9-10)22-15(24)14-11(19)5-4-6-12(14)20/h4-9H,1-3H3,(H,22,24). The fraction of sp³-hybridized carbons (Fsp3) is 0.235. The van der Waals surface area contributed by atoms with Crippen molar-refractivity contribution in [3.05, 3.63) is 64.4 Å². The minimum atomic E-state index is -1.07. The van der Waals surface area contributed by atoms with Gasteiger partial charge in [-0.25, -0.2) is 18.8 Å². The highest BCUT2D eigenvalue weighted by Gasteiger charge is 2.31. The molecule has 0 spiro atoms. The van der Waals surface area contributed by atoms with Gasteiger partial charge in [0.05, 0.1) is 11.1 Å². The van der Waals surface area contributed by atoms with Crippen LogP contribution in [0.4, 0.5) is 8.78 Å². The molecule has 0 aliphatic carbocycles. The number of hydrazine groups is 1. The van der Waals surface area contributed by atoms with Crippen molar-refractivity contribution in [1.29, 1.82) is 0 Å². The summed E-state index contributed by atoms with van der Waals surface area (Å²) in [6.07, 6.45) is 1.25. The monoisotopic (exact) mass is 367 g/mol. The van der Waals surface area contributed by atoms with Crippen LogP contribution in [0.1, 0.15) is 41.5 Å². The van der Waals surface area contributed by atoms with Crippen LogP contribution >= 0.6 is 11.6 Å². The molecule has 25 heavy (non-hydrogen) atoms. The SMILES string of the molecule is CC(C)(C)N(NC(=O)c1c(F)cccc1F)C(=O)c1ccc(Cl)nc1. The summed E-state index contributed by atoms with van der Waals surface area (Å²) in [6, 6.07) is 5.93. The van der Waals surface area contributed by atoms with Crippen LogP contribution < -0.4 is 5.43 Å². The summed E-state index contributed by atoms with van der Waals surface area (Å²) < 4.78 is 27.6. The van der Waals surface area contributed by atoms with Gasteiger partial charge in [-0.2, -0.15) is 0 Å². The number of aromatic nitrogens is 1. The Morgan fingerprint density at radius 3 is 2.20 bits per heavy atom. The molecule has 0 bridgehead atoms. The second kappa shape index (κ2) is 7.14. The van der Waals surface area contributed by atoms with Crippen molar-refractivity contribution >= 4 is 23.4 Å². The summed E-state index contributed by atoms with van der Waals surface area (Å²) in [6.45, 7) is 4.98. The molecule has 2 amide bonds. The Hall–Kier alpha value is -2.54. The summed E-state index contributed by atoms with van der Waals surface area (Å²) in [5.41, 5.74) is 0.801. The summed E-state index contributed by atoms with van der Waals surface area (Å²) in [5, 5.41) is 1.20. The molecule has 0 aliphatic heterocycles. The zero-order chi connectivity index (χ0) is 18.8. The van der Waals surface area contributed by atoms with Crippen molar-refractivity contribution in [3.8, 4) is 0 Å². The zero-order valence-electron chi connectivity index (χ0n) is 13.8. The molecule has 5 nitrogen and oxygen atoms in total. The minimum Gasteiger partial charge on any atom is -0.267 e. The molecule has 0 atom stereocenters. The van der Waals surface area contributed by atoms with Crippen molar-refractivity contribution in [2.75, 3.05) is 0 Å². The number of benzene rings is 1. The lowest BCUT2D eigenvalue weighted by atomic mass is 10.1. The number of carbonyl (C=O) groups excluding carboxylic acids is 2. The molecule has 8 heteroatoms. The van der Waals surface area contributed by atoms with Crippen LogP contribution in [0.25, 0.3) is 0 Å². The Morgan fingerprint density at radius 1 is 1.12 bits per heavy atom. The molecule has 1 aromatic carbocycles. The van der Waals surface area contributed by atoms with Gasteiger partial charge in [-0.05, 0) is 45.0 Å². The zero-order valence-corrected chi connectivity index (χ0v) is 14.6. The molecule has 2 rings (SSSR count). The predicted octanol–water partition coefficient (Wildman–Crippen LogP) is 3.60. The van der Waals surface area contributed by atoms with Gasteiger partial charge >= 0.3 is 0 Å². The van der Waals surface area contributed by atoms with E-state index in [2.05, 4.69) is 10.4 Å². The minimum absolute atomic E-state index is 0.161. The lowest BCUT2D eigenvalue weighted by Gasteiger charge is -2.35. The van der Waals surface area contributed by atoms with Crippen LogP contribution in [-0.2, 0) is 0 Å². The van der Waals surface area contributed by atoms with E-state index in [-0.39, 0.29) is 10.7 Å². The van der Waals surface area contributed by atoms with E-state index >= 15 is 0 Å². The fourth-order valence-electron chi connectivity index (χ4n) is 2.03. The molecule has 1 heterocycles. The Balaban J connectivity index is 2.34. The average molecular weight is 368 g/mol. The van der Waals surface area contributed by atoms with E-state index in [9.17, 15) is 18.4 Å². The second-order valence-electron chi connectivity index (χ2n) is 6.22. The first-order chi connectivity index (χ1) is 11.6. The van der Waals surface area contributed by atoms with Crippen molar-refractivity contribution in [2.45, 2.75) is 26.3 Å². The molecule has 132 valence electrons. The molecule has 0 radical (unpaired) electrons. The van der Waals surface area contributed by atoms with Gasteiger partial charge < -0.3 is 0 Å². The number of hydrogen-bond acceptors (Lipinski definition) is 3. The first-order valence-corrected chi connectivity index (χ1v) is 7.70. The number of nitrogens with zero attached hydrogens (tertiary/aromatic N) is 2. The van der Waals surface area contributed by atoms with Gasteiger partial charge in [-0.15, -0.1) is 0 Å². The smallest absolute Gasteiger partial charge is 0.267 e. The maximum absolute atomic E-state index is 13.8. The Morgan fingerprint density at radius 2 is 1.72 bits per heavy atom. The third-order valence-electron chi connectivity index (χ3n) is 3.25. The number of pyridine rings is 1. The lowest BCUT2D eigenvalue weighted by molar-refractivity contribution is 0.0355. The molecular formula is C17H16ClF2N3O2. The molecule has 0 fully saturated rings. The maximum atomic E-state index is 13.8. The van der Waals surface area contributed by atoms with E-state index in [1.54, 1.807) is 20.8 Å². The lowest BCUT2D eigenvalue weighted by Crippen LogP contribution is -2.56. The fourth-order valence-corrected chi connectivity index (χ4v) is 2.14. The van der Waals surface area contributed by atoms with Gasteiger partial charge in [-0.3, -0.25) is 15.0 Å². The average Bonchev–Trinajstić information content (AvgIpc) is 2.51. The largest absolute Gasteiger partial charge is 0.275 e. The van der Waals surface area contributed by atoms with Gasteiger partial charge in [-0.1, -0.05) is 17.7 Å². The van der Waals surface area contributed by atoms with Crippen LogP contribution in [0, 0.1) is 11.6 Å². The van der Waals surface area contributed by atoms with Crippen LogP contribution in [0.15, 0.2) is 36.5 Å². The topological polar surface area (TPSA) is 62.3 Å². The van der Waals surface area contributed by atoms with Gasteiger partial charge in [0.25, 0.3) is 11.8 Å². The molecule has 0 saturated heterocycles. The Labute approximate surface area is 148 Å². The van der Waals surface area contributed by atoms with E-state index < -0.39 is 34.6 Å². The van der Waals surface area contributed by atoms with Crippen molar-refractivity contribution < 1.29 is 18.4 Å². The van der Waals surface area contributed by atoms with Crippen molar-refractivity contribution in [3.63, 3.8) is 0 Å². The highest BCUT2D eigenvalue weighted by Crippen LogP contribution is 2.18. The van der Waals surface area contributed by atoms with Crippen LogP contribution in [0.5, 0.6) is 0 Å². The van der Waals surface area contributed by atoms with E-state index in [1.807, 2.05) is 0 Å². The molecule has 1 N–H and O–H groups in total. The van der Waals surface area contributed by atoms with Crippen molar-refractivity contribution in [2.24, 2.45) is 0 Å². The van der Waals surface area contributed by atoms with E-state index in [4.69, 9.17) is 11.6 Å². The molecule has 1 aromatic heterocycles. The first-order valence-electron chi connectivity index (χ1n) is 7.32. The van der Waals surface area contributed by atoms with E-state index in [1.165, 1.54) is 18.3 Å². The summed E-state index contributed by atoms with van der Waals surface area (Å²) >= 11 is 5.70. The summed E-state index contributed by atoms with van der Waals surface area (Å²) in [4.78, 5) is 28.8. The number of rotatable bonds is 2. The first kappa shape index (κ1) is 18.8. The van der Waals surface area contributed by atoms with Crippen LogP contribution in [0.3, 0.4) is 0 Å². The highest BCUT2D eigenvalue weighted by atomic mass is 35.5. The van der Waals surface area contributed by atoms with Crippen molar-refractivity contribution in [1.82, 2.24) is 15.4 Å². The number of amides is 2. The van der Waals surface area contributed by atoms with E-state index in [0.717, 1.165) is 23.2 Å². The molecule has 0 aliphatic rings. The number of carbonyl (C=O) groups is 2. The van der Waals surface area contributed by atoms with Gasteiger partial charge in [0, 0.05) is 6.20 Å². The third-order valence-corrected chi connectivity index (χ3v) is 3.47. The summed E-state index contributed by atoms with van der Waals surface area (Å²) in [7, 11) is 0. The van der Waals surface area contributed by atoms with E-state index in [0.29, 0.717) is 0 Å². The predicted molar refractivity (Wildman–Crippen MR) is 89.0 cm³/mol. The van der Waals surface area contributed by atoms with Crippen LogP contribution in [-0.4, -0.2) is 27.3 Å². The normalized spacial score (nSPS) is 11.1. The summed E-state index contributed by atoms with van der Waals surface area (Å²) in [5.74, 6) is -3.71. The number of halogens is 3. The second-order valence-corrected chi connectivity index (χ2v) is 6.61.